The predicted molar refractivity (Wildman–Crippen MR) is 76.5 cm³/mol. The van der Waals surface area contributed by atoms with Gasteiger partial charge < -0.3 is 9.30 Å². The molecule has 0 aliphatic carbocycles. The Morgan fingerprint density at radius 2 is 1.72 bits per heavy atom. The Morgan fingerprint density at radius 3 is 2.44 bits per heavy atom. The van der Waals surface area contributed by atoms with E-state index in [-0.39, 0.29) is 0 Å². The molecule has 0 atom stereocenters. The molecule has 1 aromatic heterocycles. The van der Waals surface area contributed by atoms with Gasteiger partial charge in [0.25, 0.3) is 0 Å². The third kappa shape index (κ3) is 1.29. The third-order valence-corrected chi connectivity index (χ3v) is 3.93. The normalized spacial score (nSPS) is 11.3. The molecule has 92 valence electrons. The second-order valence-electron chi connectivity index (χ2n) is 4.80. The zero-order chi connectivity index (χ0) is 12.9. The third-order valence-electron chi connectivity index (χ3n) is 3.93. The average Bonchev–Trinajstić information content (AvgIpc) is 2.68. The van der Waals surface area contributed by atoms with Gasteiger partial charge in [-0.05, 0) is 37.1 Å². The Hall–Kier alpha value is -1.96. The zero-order valence-corrected chi connectivity index (χ0v) is 11.2. The summed E-state index contributed by atoms with van der Waals surface area (Å²) in [6.45, 7) is 4.28. The van der Waals surface area contributed by atoms with Crippen molar-refractivity contribution in [1.82, 2.24) is 4.57 Å². The van der Waals surface area contributed by atoms with Crippen molar-refractivity contribution in [3.05, 3.63) is 41.5 Å². The summed E-state index contributed by atoms with van der Waals surface area (Å²) in [6.07, 6.45) is 0. The van der Waals surface area contributed by atoms with E-state index in [0.29, 0.717) is 0 Å². The van der Waals surface area contributed by atoms with Gasteiger partial charge in [0.2, 0.25) is 0 Å². The first-order valence-electron chi connectivity index (χ1n) is 6.16. The van der Waals surface area contributed by atoms with Crippen LogP contribution in [0.25, 0.3) is 21.8 Å². The SMILES string of the molecule is COc1cc2c3ccccc3n(C)c2c(C)c1C. The zero-order valence-electron chi connectivity index (χ0n) is 11.2. The summed E-state index contributed by atoms with van der Waals surface area (Å²) in [5, 5.41) is 2.56. The second-order valence-corrected chi connectivity index (χ2v) is 4.80. The first-order chi connectivity index (χ1) is 8.65. The summed E-state index contributed by atoms with van der Waals surface area (Å²) >= 11 is 0. The Bertz CT molecular complexity index is 753. The molecule has 0 saturated heterocycles. The van der Waals surface area contributed by atoms with Crippen LogP contribution >= 0.6 is 0 Å². The lowest BCUT2D eigenvalue weighted by Crippen LogP contribution is -1.94. The molecule has 0 radical (unpaired) electrons. The molecule has 2 aromatic carbocycles. The smallest absolute Gasteiger partial charge is 0.122 e. The highest BCUT2D eigenvalue weighted by molar-refractivity contribution is 6.09. The van der Waals surface area contributed by atoms with Gasteiger partial charge in [0, 0.05) is 23.3 Å². The minimum absolute atomic E-state index is 0.969. The van der Waals surface area contributed by atoms with Gasteiger partial charge in [-0.3, -0.25) is 0 Å². The fraction of sp³-hybridized carbons (Fsp3) is 0.250. The lowest BCUT2D eigenvalue weighted by atomic mass is 10.0. The van der Waals surface area contributed by atoms with Gasteiger partial charge in [0.05, 0.1) is 12.6 Å². The van der Waals surface area contributed by atoms with Crippen molar-refractivity contribution in [2.75, 3.05) is 7.11 Å². The van der Waals surface area contributed by atoms with E-state index in [0.717, 1.165) is 5.75 Å². The van der Waals surface area contributed by atoms with Crippen molar-refractivity contribution in [2.45, 2.75) is 13.8 Å². The molecule has 0 bridgehead atoms. The van der Waals surface area contributed by atoms with Gasteiger partial charge in [-0.25, -0.2) is 0 Å². The maximum atomic E-state index is 5.48. The fourth-order valence-corrected chi connectivity index (χ4v) is 2.84. The van der Waals surface area contributed by atoms with Crippen LogP contribution in [0, 0.1) is 13.8 Å². The highest BCUT2D eigenvalue weighted by atomic mass is 16.5. The molecule has 2 heteroatoms. The van der Waals surface area contributed by atoms with E-state index < -0.39 is 0 Å². The molecule has 0 saturated carbocycles. The summed E-state index contributed by atoms with van der Waals surface area (Å²) in [5.41, 5.74) is 5.08. The average molecular weight is 239 g/mol. The van der Waals surface area contributed by atoms with Crippen LogP contribution in [-0.2, 0) is 7.05 Å². The lowest BCUT2D eigenvalue weighted by molar-refractivity contribution is 0.412. The number of benzene rings is 2. The highest BCUT2D eigenvalue weighted by Gasteiger charge is 2.14. The minimum atomic E-state index is 0.969. The molecule has 0 fully saturated rings. The first-order valence-corrected chi connectivity index (χ1v) is 6.16. The van der Waals surface area contributed by atoms with E-state index in [1.54, 1.807) is 7.11 Å². The lowest BCUT2D eigenvalue weighted by Gasteiger charge is -2.10. The molecule has 0 N–H and O–H groups in total. The van der Waals surface area contributed by atoms with Crippen LogP contribution < -0.4 is 4.74 Å². The van der Waals surface area contributed by atoms with Gasteiger partial charge in [-0.1, -0.05) is 18.2 Å². The van der Waals surface area contributed by atoms with Crippen LogP contribution in [0.15, 0.2) is 30.3 Å². The first kappa shape index (κ1) is 11.1. The number of nitrogens with zero attached hydrogens (tertiary/aromatic N) is 1. The molecule has 18 heavy (non-hydrogen) atoms. The second kappa shape index (κ2) is 3.77. The minimum Gasteiger partial charge on any atom is -0.496 e. The van der Waals surface area contributed by atoms with Crippen LogP contribution in [-0.4, -0.2) is 11.7 Å². The van der Waals surface area contributed by atoms with E-state index in [1.165, 1.54) is 32.9 Å². The van der Waals surface area contributed by atoms with Crippen LogP contribution in [0.1, 0.15) is 11.1 Å². The van der Waals surface area contributed by atoms with Crippen molar-refractivity contribution in [1.29, 1.82) is 0 Å². The molecule has 0 aliphatic rings. The number of hydrogen-bond donors (Lipinski definition) is 0. The van der Waals surface area contributed by atoms with Gasteiger partial charge in [0.1, 0.15) is 5.75 Å². The summed E-state index contributed by atoms with van der Waals surface area (Å²) in [6, 6.07) is 10.7. The van der Waals surface area contributed by atoms with E-state index in [9.17, 15) is 0 Å². The molecular formula is C16H17NO. The quantitative estimate of drug-likeness (QED) is 0.627. The highest BCUT2D eigenvalue weighted by Crippen LogP contribution is 2.35. The molecule has 3 rings (SSSR count). The number of methoxy groups -OCH3 is 1. The molecule has 3 aromatic rings. The summed E-state index contributed by atoms with van der Waals surface area (Å²) in [4.78, 5) is 0. The van der Waals surface area contributed by atoms with E-state index in [4.69, 9.17) is 4.74 Å². The van der Waals surface area contributed by atoms with E-state index in [2.05, 4.69) is 55.8 Å². The number of aromatic nitrogens is 1. The molecular weight excluding hydrogens is 222 g/mol. The topological polar surface area (TPSA) is 14.2 Å². The number of hydrogen-bond acceptors (Lipinski definition) is 1. The molecule has 0 spiro atoms. The molecule has 0 aliphatic heterocycles. The van der Waals surface area contributed by atoms with Crippen LogP contribution in [0.4, 0.5) is 0 Å². The number of para-hydroxylation sites is 1. The van der Waals surface area contributed by atoms with Crippen molar-refractivity contribution in [3.8, 4) is 5.75 Å². The van der Waals surface area contributed by atoms with Crippen molar-refractivity contribution in [2.24, 2.45) is 7.05 Å². The van der Waals surface area contributed by atoms with Gasteiger partial charge in [0.15, 0.2) is 0 Å². The Balaban J connectivity index is 2.60. The van der Waals surface area contributed by atoms with E-state index in [1.807, 2.05) is 0 Å². The van der Waals surface area contributed by atoms with Crippen LogP contribution in [0.3, 0.4) is 0 Å². The van der Waals surface area contributed by atoms with Gasteiger partial charge in [-0.15, -0.1) is 0 Å². The largest absolute Gasteiger partial charge is 0.496 e. The van der Waals surface area contributed by atoms with E-state index >= 15 is 0 Å². The number of ether oxygens (including phenoxy) is 1. The summed E-state index contributed by atoms with van der Waals surface area (Å²) in [7, 11) is 3.86. The number of aryl methyl sites for hydroxylation is 2. The molecule has 0 amide bonds. The van der Waals surface area contributed by atoms with Crippen LogP contribution in [0.5, 0.6) is 5.75 Å². The summed E-state index contributed by atoms with van der Waals surface area (Å²) < 4.78 is 7.75. The van der Waals surface area contributed by atoms with Gasteiger partial charge >= 0.3 is 0 Å². The summed E-state index contributed by atoms with van der Waals surface area (Å²) in [5.74, 6) is 0.969. The van der Waals surface area contributed by atoms with Crippen LogP contribution in [0.2, 0.25) is 0 Å². The number of rotatable bonds is 1. The van der Waals surface area contributed by atoms with Crippen molar-refractivity contribution < 1.29 is 4.74 Å². The molecule has 0 unspecified atom stereocenters. The maximum Gasteiger partial charge on any atom is 0.122 e. The Labute approximate surface area is 107 Å². The monoisotopic (exact) mass is 239 g/mol. The predicted octanol–water partition coefficient (Wildman–Crippen LogP) is 3.96. The van der Waals surface area contributed by atoms with Crippen molar-refractivity contribution in [3.63, 3.8) is 0 Å². The maximum absolute atomic E-state index is 5.48. The Kier molecular flexibility index (Phi) is 2.34. The van der Waals surface area contributed by atoms with Gasteiger partial charge in [-0.2, -0.15) is 0 Å². The Morgan fingerprint density at radius 1 is 1.00 bits per heavy atom. The van der Waals surface area contributed by atoms with Crippen molar-refractivity contribution >= 4 is 21.8 Å². The molecule has 2 nitrogen and oxygen atoms in total. The molecule has 1 heterocycles. The standard InChI is InChI=1S/C16H17NO/c1-10-11(2)16-13(9-15(10)18-4)12-7-5-6-8-14(12)17(16)3/h5-9H,1-4H3. The number of fused-ring (bicyclic) bond motifs is 3. The fourth-order valence-electron chi connectivity index (χ4n) is 2.84.